The van der Waals surface area contributed by atoms with E-state index in [0.717, 1.165) is 30.7 Å². The highest BCUT2D eigenvalue weighted by molar-refractivity contribution is 7.16. The van der Waals surface area contributed by atoms with Gasteiger partial charge in [-0.2, -0.15) is 18.2 Å². The van der Waals surface area contributed by atoms with E-state index in [1.807, 2.05) is 56.3 Å². The molecule has 2 aromatic carbocycles. The number of anilines is 2. The van der Waals surface area contributed by atoms with Crippen molar-refractivity contribution in [2.45, 2.75) is 45.5 Å². The number of nitrogens with zero attached hydrogens (tertiary/aromatic N) is 3. The summed E-state index contributed by atoms with van der Waals surface area (Å²) in [6.07, 6.45) is -5.96. The summed E-state index contributed by atoms with van der Waals surface area (Å²) in [6, 6.07) is 15.7. The molecular formula is C29H34F3N7O3S. The molecule has 1 aromatic heterocycles. The number of carbonyl (C=O) groups is 1. The van der Waals surface area contributed by atoms with E-state index in [2.05, 4.69) is 25.6 Å². The summed E-state index contributed by atoms with van der Waals surface area (Å²) < 4.78 is 51.5. The molecule has 1 aliphatic rings. The molecule has 1 amide bonds. The zero-order valence-electron chi connectivity index (χ0n) is 24.4. The molecule has 0 saturated heterocycles. The van der Waals surface area contributed by atoms with Crippen LogP contribution in [0, 0.1) is 5.41 Å². The fourth-order valence-electron chi connectivity index (χ4n) is 3.71. The average Bonchev–Trinajstić information content (AvgIpc) is 3.36. The number of nitrogens with two attached hydrogens (primary N) is 1. The van der Waals surface area contributed by atoms with Crippen molar-refractivity contribution >= 4 is 45.6 Å². The Kier molecular flexibility index (Phi) is 11.0. The summed E-state index contributed by atoms with van der Waals surface area (Å²) in [4.78, 5) is 25.7. The van der Waals surface area contributed by atoms with Gasteiger partial charge in [-0.3, -0.25) is 10.2 Å². The molecule has 0 radical (unpaired) electrons. The lowest BCUT2D eigenvalue weighted by atomic mass is 9.94. The number of rotatable bonds is 8. The second kappa shape index (κ2) is 14.2. The topological polar surface area (TPSA) is 147 Å². The predicted molar refractivity (Wildman–Crippen MR) is 163 cm³/mol. The Morgan fingerprint density at radius 1 is 1.14 bits per heavy atom. The van der Waals surface area contributed by atoms with E-state index in [4.69, 9.17) is 20.6 Å². The number of nitrogens with one attached hydrogen (secondary N) is 3. The van der Waals surface area contributed by atoms with Crippen LogP contribution in [0.4, 0.5) is 23.9 Å². The molecule has 0 spiro atoms. The number of para-hydroxylation sites is 1. The smallest absolute Gasteiger partial charge is 0.400 e. The molecule has 43 heavy (non-hydrogen) atoms. The molecule has 14 heteroatoms. The zero-order chi connectivity index (χ0) is 31.8. The van der Waals surface area contributed by atoms with Crippen LogP contribution in [0.1, 0.15) is 49.5 Å². The summed E-state index contributed by atoms with van der Waals surface area (Å²) in [5, 5.41) is 14.0. The number of ether oxygens (including phenoxy) is 2. The molecule has 0 bridgehead atoms. The number of benzodiazepines with no additional fused rings is 1. The van der Waals surface area contributed by atoms with Crippen LogP contribution >= 0.6 is 11.3 Å². The van der Waals surface area contributed by atoms with Gasteiger partial charge in [0.25, 0.3) is 11.9 Å². The first-order valence-electron chi connectivity index (χ1n) is 13.4. The molecule has 10 nitrogen and oxygen atoms in total. The number of hydrogen-bond donors (Lipinski definition) is 4. The number of aliphatic imine (C=N–C) groups is 2. The Balaban J connectivity index is 0.00000248. The van der Waals surface area contributed by atoms with Gasteiger partial charge in [0.1, 0.15) is 15.4 Å². The van der Waals surface area contributed by atoms with E-state index in [1.165, 1.54) is 7.11 Å². The minimum absolute atomic E-state index is 0.166. The number of thiazole rings is 1. The monoisotopic (exact) mass is 617 g/mol. The minimum atomic E-state index is -4.59. The predicted octanol–water partition coefficient (Wildman–Crippen LogP) is 5.54. The van der Waals surface area contributed by atoms with E-state index in [1.54, 1.807) is 12.1 Å². The lowest BCUT2D eigenvalue weighted by Gasteiger charge is -2.25. The Hall–Kier alpha value is -4.30. The molecule has 1 atom stereocenters. The van der Waals surface area contributed by atoms with Gasteiger partial charge >= 0.3 is 6.18 Å². The van der Waals surface area contributed by atoms with E-state index in [9.17, 15) is 18.0 Å². The summed E-state index contributed by atoms with van der Waals surface area (Å²) in [7, 11) is 1.48. The highest BCUT2D eigenvalue weighted by Gasteiger charge is 2.51. The van der Waals surface area contributed by atoms with Gasteiger partial charge < -0.3 is 25.8 Å². The molecule has 4 rings (SSSR count). The highest BCUT2D eigenvalue weighted by Crippen LogP contribution is 2.44. The van der Waals surface area contributed by atoms with Crippen LogP contribution in [0.15, 0.2) is 64.6 Å². The lowest BCUT2D eigenvalue weighted by Crippen LogP contribution is -2.36. The van der Waals surface area contributed by atoms with E-state index >= 15 is 0 Å². The zero-order valence-corrected chi connectivity index (χ0v) is 25.2. The highest BCUT2D eigenvalue weighted by atomic mass is 32.1. The fourth-order valence-corrected chi connectivity index (χ4v) is 4.82. The summed E-state index contributed by atoms with van der Waals surface area (Å²) >= 11 is 0.744. The number of fused-ring (bicyclic) bond motifs is 1. The van der Waals surface area contributed by atoms with Crippen molar-refractivity contribution in [1.29, 1.82) is 5.41 Å². The molecular weight excluding hydrogens is 583 g/mol. The Labute approximate surface area is 251 Å². The van der Waals surface area contributed by atoms with E-state index in [-0.39, 0.29) is 28.9 Å². The van der Waals surface area contributed by atoms with Crippen molar-refractivity contribution in [3.63, 3.8) is 0 Å². The van der Waals surface area contributed by atoms with Crippen LogP contribution in [0.2, 0.25) is 0 Å². The largest absolute Gasteiger partial charge is 0.405 e. The first kappa shape index (κ1) is 33.2. The summed E-state index contributed by atoms with van der Waals surface area (Å²) in [5.41, 5.74) is 5.91. The normalized spacial score (nSPS) is 15.3. The van der Waals surface area contributed by atoms with Gasteiger partial charge in [0.15, 0.2) is 5.69 Å². The molecule has 2 heterocycles. The molecule has 0 saturated carbocycles. The first-order chi connectivity index (χ1) is 20.4. The van der Waals surface area contributed by atoms with Crippen molar-refractivity contribution in [2.75, 3.05) is 30.9 Å². The summed E-state index contributed by atoms with van der Waals surface area (Å²) in [5.74, 6) is -1.25. The van der Waals surface area contributed by atoms with Gasteiger partial charge in [0.2, 0.25) is 12.1 Å². The van der Waals surface area contributed by atoms with Crippen LogP contribution in [0.3, 0.4) is 0 Å². The SMILES string of the molecule is CC.COCCNc1sc(C(C)(C)C(F)(F)F)nc1C(=N)O/C(N)=N/C1N=C(c2ccccc2)c2ccccc2NC1=O. The number of aromatic nitrogens is 1. The van der Waals surface area contributed by atoms with E-state index < -0.39 is 35.6 Å². The molecule has 1 aliphatic heterocycles. The molecule has 3 aromatic rings. The number of carbonyl (C=O) groups excluding carboxylic acids is 1. The Morgan fingerprint density at radius 3 is 2.44 bits per heavy atom. The minimum Gasteiger partial charge on any atom is -0.405 e. The maximum atomic E-state index is 13.7. The number of benzene rings is 2. The Bertz CT molecular complexity index is 1490. The van der Waals surface area contributed by atoms with Crippen LogP contribution in [0.25, 0.3) is 0 Å². The van der Waals surface area contributed by atoms with Crippen molar-refractivity contribution in [2.24, 2.45) is 15.7 Å². The second-order valence-corrected chi connectivity index (χ2v) is 10.4. The first-order valence-corrected chi connectivity index (χ1v) is 14.2. The fraction of sp³-hybridized carbons (Fsp3) is 0.345. The molecule has 5 N–H and O–H groups in total. The maximum absolute atomic E-state index is 13.7. The van der Waals surface area contributed by atoms with Gasteiger partial charge in [-0.15, -0.1) is 0 Å². The number of methoxy groups -OCH3 is 1. The van der Waals surface area contributed by atoms with Crippen LogP contribution in [0.5, 0.6) is 0 Å². The van der Waals surface area contributed by atoms with Crippen molar-refractivity contribution in [3.8, 4) is 0 Å². The molecule has 0 fully saturated rings. The second-order valence-electron chi connectivity index (χ2n) is 9.39. The van der Waals surface area contributed by atoms with Gasteiger partial charge in [0, 0.05) is 24.8 Å². The molecule has 230 valence electrons. The van der Waals surface area contributed by atoms with Crippen molar-refractivity contribution in [3.05, 3.63) is 76.4 Å². The summed E-state index contributed by atoms with van der Waals surface area (Å²) in [6.45, 7) is 6.50. The third-order valence-corrected chi connectivity index (χ3v) is 7.44. The standard InChI is InChI=1S/C27H28F3N7O3S.C2H6/c1-26(2,27(28,29)30)24-36-19(23(41-24)33-13-14-39-3)20(31)40-25(32)37-21-22(38)34-17-12-8-7-11-16(17)18(35-21)15-9-5-4-6-10-15;1-2/h4-12,21,31,33H,13-14H2,1-3H3,(H2,32,37)(H,34,38);1-2H3. The number of halogens is 3. The van der Waals surface area contributed by atoms with Gasteiger partial charge in [-0.1, -0.05) is 73.7 Å². The van der Waals surface area contributed by atoms with Gasteiger partial charge in [-0.25, -0.2) is 9.98 Å². The van der Waals surface area contributed by atoms with E-state index in [0.29, 0.717) is 17.0 Å². The van der Waals surface area contributed by atoms with Gasteiger partial charge in [0.05, 0.1) is 18.0 Å². The van der Waals surface area contributed by atoms with Crippen molar-refractivity contribution < 1.29 is 27.4 Å². The number of hydrogen-bond acceptors (Lipinski definition) is 9. The van der Waals surface area contributed by atoms with Crippen LogP contribution in [-0.2, 0) is 19.7 Å². The Morgan fingerprint density at radius 2 is 1.79 bits per heavy atom. The van der Waals surface area contributed by atoms with Crippen molar-refractivity contribution in [1.82, 2.24) is 4.98 Å². The quantitative estimate of drug-likeness (QED) is 0.148. The number of amidine groups is 1. The maximum Gasteiger partial charge on any atom is 0.400 e. The van der Waals surface area contributed by atoms with Crippen LogP contribution in [-0.4, -0.2) is 61.1 Å². The third kappa shape index (κ3) is 7.76. The van der Waals surface area contributed by atoms with Gasteiger partial charge in [-0.05, 0) is 19.9 Å². The molecule has 0 aliphatic carbocycles. The average molecular weight is 618 g/mol. The van der Waals surface area contributed by atoms with Crippen LogP contribution < -0.4 is 16.4 Å². The molecule has 1 unspecified atom stereocenters. The number of alkyl halides is 3. The lowest BCUT2D eigenvalue weighted by molar-refractivity contribution is -0.180. The third-order valence-electron chi connectivity index (χ3n) is 6.11. The number of amides is 1.